The van der Waals surface area contributed by atoms with Crippen molar-refractivity contribution in [2.75, 3.05) is 6.54 Å². The molecule has 2 rings (SSSR count). The summed E-state index contributed by atoms with van der Waals surface area (Å²) in [6, 6.07) is 6.42. The van der Waals surface area contributed by atoms with E-state index in [9.17, 15) is 4.79 Å². The maximum atomic E-state index is 12.3. The van der Waals surface area contributed by atoms with E-state index in [0.717, 1.165) is 25.9 Å². The average molecular weight is 289 g/mol. The summed E-state index contributed by atoms with van der Waals surface area (Å²) in [5.74, 6) is -0.0784. The Morgan fingerprint density at radius 1 is 1.33 bits per heavy atom. The molecule has 0 radical (unpaired) electrons. The van der Waals surface area contributed by atoms with Gasteiger partial charge in [0.2, 0.25) is 0 Å². The molecule has 3 heteroatoms. The van der Waals surface area contributed by atoms with E-state index in [1.807, 2.05) is 20.8 Å². The third-order valence-electron chi connectivity index (χ3n) is 3.92. The molecule has 1 aliphatic heterocycles. The van der Waals surface area contributed by atoms with Crippen LogP contribution in [-0.4, -0.2) is 29.1 Å². The Morgan fingerprint density at radius 3 is 2.71 bits per heavy atom. The zero-order valence-corrected chi connectivity index (χ0v) is 13.9. The molecule has 1 aromatic carbocycles. The molecule has 21 heavy (non-hydrogen) atoms. The van der Waals surface area contributed by atoms with Gasteiger partial charge in [-0.2, -0.15) is 0 Å². The Balaban J connectivity index is 2.08. The molecule has 0 amide bonds. The van der Waals surface area contributed by atoms with Crippen molar-refractivity contribution >= 4 is 5.97 Å². The first-order chi connectivity index (χ1) is 9.76. The van der Waals surface area contributed by atoms with Gasteiger partial charge in [0.05, 0.1) is 0 Å². The first-order valence-corrected chi connectivity index (χ1v) is 7.79. The van der Waals surface area contributed by atoms with Gasteiger partial charge in [0.1, 0.15) is 11.6 Å². The summed E-state index contributed by atoms with van der Waals surface area (Å²) < 4.78 is 5.56. The Labute approximate surface area is 128 Å². The van der Waals surface area contributed by atoms with Crippen molar-refractivity contribution in [3.05, 3.63) is 34.9 Å². The zero-order chi connectivity index (χ0) is 15.6. The number of benzene rings is 1. The number of carbonyl (C=O) groups excluding carboxylic acids is 1. The van der Waals surface area contributed by atoms with Crippen molar-refractivity contribution in [2.45, 2.75) is 65.6 Å². The quantitative estimate of drug-likeness (QED) is 0.796. The smallest absolute Gasteiger partial charge is 0.323 e. The third kappa shape index (κ3) is 4.31. The summed E-state index contributed by atoms with van der Waals surface area (Å²) in [6.45, 7) is 11.8. The third-order valence-corrected chi connectivity index (χ3v) is 3.92. The highest BCUT2D eigenvalue weighted by Gasteiger charge is 2.34. The highest BCUT2D eigenvalue weighted by atomic mass is 16.6. The van der Waals surface area contributed by atoms with Gasteiger partial charge >= 0.3 is 5.97 Å². The molecule has 0 saturated carbocycles. The molecule has 0 aromatic heterocycles. The largest absolute Gasteiger partial charge is 0.459 e. The molecule has 1 aliphatic rings. The lowest BCUT2D eigenvalue weighted by atomic mass is 10.0. The van der Waals surface area contributed by atoms with E-state index < -0.39 is 5.60 Å². The van der Waals surface area contributed by atoms with Gasteiger partial charge in [-0.1, -0.05) is 23.8 Å². The molecular weight excluding hydrogens is 262 g/mol. The highest BCUT2D eigenvalue weighted by Crippen LogP contribution is 2.24. The zero-order valence-electron chi connectivity index (χ0n) is 13.9. The van der Waals surface area contributed by atoms with Crippen LogP contribution in [0.15, 0.2) is 18.2 Å². The molecule has 1 fully saturated rings. The van der Waals surface area contributed by atoms with Gasteiger partial charge in [-0.3, -0.25) is 9.69 Å². The summed E-state index contributed by atoms with van der Waals surface area (Å²) in [5, 5.41) is 0. The minimum Gasteiger partial charge on any atom is -0.459 e. The second kappa shape index (κ2) is 6.18. The van der Waals surface area contributed by atoms with Gasteiger partial charge in [0.25, 0.3) is 0 Å². The van der Waals surface area contributed by atoms with Gasteiger partial charge < -0.3 is 4.74 Å². The highest BCUT2D eigenvalue weighted by molar-refractivity contribution is 5.76. The molecule has 1 saturated heterocycles. The predicted octanol–water partition coefficient (Wildman–Crippen LogP) is 3.61. The number of esters is 1. The fraction of sp³-hybridized carbons (Fsp3) is 0.611. The van der Waals surface area contributed by atoms with Crippen LogP contribution in [0.25, 0.3) is 0 Å². The van der Waals surface area contributed by atoms with Crippen LogP contribution in [0.2, 0.25) is 0 Å². The standard InChI is InChI=1S/C18H27NO2/c1-13-8-9-14(2)15(11-13)12-19-10-6-7-16(19)17(20)21-18(3,4)5/h8-9,11,16H,6-7,10,12H2,1-5H3/t16-/m0/s1. The monoisotopic (exact) mass is 289 g/mol. The van der Waals surface area contributed by atoms with Gasteiger partial charge in [-0.15, -0.1) is 0 Å². The van der Waals surface area contributed by atoms with Crippen molar-refractivity contribution in [1.82, 2.24) is 4.90 Å². The van der Waals surface area contributed by atoms with Gasteiger partial charge in [0.15, 0.2) is 0 Å². The van der Waals surface area contributed by atoms with E-state index in [1.165, 1.54) is 16.7 Å². The number of likely N-dealkylation sites (tertiary alicyclic amines) is 1. The lowest BCUT2D eigenvalue weighted by molar-refractivity contribution is -0.160. The van der Waals surface area contributed by atoms with E-state index in [4.69, 9.17) is 4.74 Å². The predicted molar refractivity (Wildman–Crippen MR) is 85.2 cm³/mol. The summed E-state index contributed by atoms with van der Waals surface area (Å²) in [6.07, 6.45) is 1.97. The van der Waals surface area contributed by atoms with Crippen molar-refractivity contribution in [3.63, 3.8) is 0 Å². The topological polar surface area (TPSA) is 29.5 Å². The molecule has 0 N–H and O–H groups in total. The van der Waals surface area contributed by atoms with E-state index in [-0.39, 0.29) is 12.0 Å². The van der Waals surface area contributed by atoms with Crippen molar-refractivity contribution in [2.24, 2.45) is 0 Å². The van der Waals surface area contributed by atoms with Crippen LogP contribution in [0.1, 0.15) is 50.3 Å². The summed E-state index contributed by atoms with van der Waals surface area (Å²) >= 11 is 0. The van der Waals surface area contributed by atoms with Crippen LogP contribution in [0.4, 0.5) is 0 Å². The number of hydrogen-bond donors (Lipinski definition) is 0. The summed E-state index contributed by atoms with van der Waals surface area (Å²) in [7, 11) is 0. The average Bonchev–Trinajstić information content (AvgIpc) is 2.80. The van der Waals surface area contributed by atoms with Crippen LogP contribution in [0, 0.1) is 13.8 Å². The Hall–Kier alpha value is -1.35. The van der Waals surface area contributed by atoms with E-state index in [2.05, 4.69) is 36.9 Å². The fourth-order valence-electron chi connectivity index (χ4n) is 2.84. The molecule has 3 nitrogen and oxygen atoms in total. The van der Waals surface area contributed by atoms with Gasteiger partial charge in [0, 0.05) is 6.54 Å². The second-order valence-electron chi connectivity index (χ2n) is 7.09. The molecule has 0 spiro atoms. The van der Waals surface area contributed by atoms with E-state index >= 15 is 0 Å². The first-order valence-electron chi connectivity index (χ1n) is 7.79. The Bertz CT molecular complexity index is 516. The summed E-state index contributed by atoms with van der Waals surface area (Å²) in [5.41, 5.74) is 3.45. The maximum absolute atomic E-state index is 12.3. The second-order valence-corrected chi connectivity index (χ2v) is 7.09. The van der Waals surface area contributed by atoms with Crippen LogP contribution in [-0.2, 0) is 16.1 Å². The van der Waals surface area contributed by atoms with Crippen molar-refractivity contribution < 1.29 is 9.53 Å². The van der Waals surface area contributed by atoms with Crippen LogP contribution < -0.4 is 0 Å². The number of nitrogens with zero attached hydrogens (tertiary/aromatic N) is 1. The van der Waals surface area contributed by atoms with Gasteiger partial charge in [-0.25, -0.2) is 0 Å². The number of rotatable bonds is 3. The molecule has 0 bridgehead atoms. The normalized spacial score (nSPS) is 19.8. The van der Waals surface area contributed by atoms with Crippen LogP contribution in [0.3, 0.4) is 0 Å². The number of aryl methyl sites for hydroxylation is 2. The van der Waals surface area contributed by atoms with E-state index in [1.54, 1.807) is 0 Å². The lowest BCUT2D eigenvalue weighted by Gasteiger charge is -2.27. The van der Waals surface area contributed by atoms with Gasteiger partial charge in [-0.05, 0) is 65.1 Å². The van der Waals surface area contributed by atoms with Crippen LogP contribution in [0.5, 0.6) is 0 Å². The minimum atomic E-state index is -0.412. The van der Waals surface area contributed by atoms with Crippen LogP contribution >= 0.6 is 0 Å². The number of hydrogen-bond acceptors (Lipinski definition) is 3. The molecule has 0 aliphatic carbocycles. The molecule has 0 unspecified atom stereocenters. The Morgan fingerprint density at radius 2 is 2.05 bits per heavy atom. The molecule has 1 aromatic rings. The molecule has 1 heterocycles. The minimum absolute atomic E-state index is 0.0784. The van der Waals surface area contributed by atoms with E-state index in [0.29, 0.717) is 0 Å². The van der Waals surface area contributed by atoms with Crippen molar-refractivity contribution in [3.8, 4) is 0 Å². The number of carbonyl (C=O) groups is 1. The summed E-state index contributed by atoms with van der Waals surface area (Å²) in [4.78, 5) is 14.6. The molecular formula is C18H27NO2. The molecule has 116 valence electrons. The first kappa shape index (κ1) is 16.0. The fourth-order valence-corrected chi connectivity index (χ4v) is 2.84. The Kier molecular flexibility index (Phi) is 4.72. The lowest BCUT2D eigenvalue weighted by Crippen LogP contribution is -2.40. The molecule has 1 atom stereocenters. The van der Waals surface area contributed by atoms with Crippen molar-refractivity contribution in [1.29, 1.82) is 0 Å². The number of ether oxygens (including phenoxy) is 1. The SMILES string of the molecule is Cc1ccc(C)c(CN2CCC[C@H]2C(=O)OC(C)(C)C)c1. The maximum Gasteiger partial charge on any atom is 0.323 e.